The Morgan fingerprint density at radius 3 is 2.35 bits per heavy atom. The summed E-state index contributed by atoms with van der Waals surface area (Å²) in [4.78, 5) is 40.3. The van der Waals surface area contributed by atoms with Crippen molar-refractivity contribution in [2.24, 2.45) is 14.1 Å². The molecule has 3 aromatic rings. The summed E-state index contributed by atoms with van der Waals surface area (Å²) in [6, 6.07) is 10.2. The van der Waals surface area contributed by atoms with E-state index in [2.05, 4.69) is 19.1 Å². The van der Waals surface area contributed by atoms with Gasteiger partial charge >= 0.3 is 11.7 Å². The molecular weight excluding hydrogens is 582 g/mol. The van der Waals surface area contributed by atoms with Crippen LogP contribution in [0.3, 0.4) is 0 Å². The number of aliphatic hydroxyl groups excluding tert-OH is 1. The standard InChI is InChI=1S/C18H24NO4.C10H14N4O5S/c1-19(2)14-8-12(9-15(19)17-16(14)23-17)22-18(21)13(10-20)11-6-4-3-5-7-11;1-12-8-7(9(15)13(2)10(12)16)14(6-11-8)4-3-5-20(17,18)19/h3-7,12-17,20H,8-10H2,1-2H3;6H,3-5H2,1-2H3,(H,17,18,19)/q+1;/p-1/t12?,13-,14-,15+,16-,17+;/m1./s1. The number of morpholine rings is 1. The van der Waals surface area contributed by atoms with E-state index in [1.807, 2.05) is 30.3 Å². The lowest BCUT2D eigenvalue weighted by atomic mass is 9.95. The van der Waals surface area contributed by atoms with Gasteiger partial charge in [-0.2, -0.15) is 0 Å². The Bertz CT molecular complexity index is 1710. The molecule has 0 saturated carbocycles. The minimum Gasteiger partial charge on any atom is -0.748 e. The van der Waals surface area contributed by atoms with Crippen molar-refractivity contribution in [3.8, 4) is 0 Å². The Kier molecular flexibility index (Phi) is 8.39. The van der Waals surface area contributed by atoms with Gasteiger partial charge in [-0.15, -0.1) is 0 Å². The number of benzene rings is 1. The second-order valence-corrected chi connectivity index (χ2v) is 13.5. The maximum absolute atomic E-state index is 12.5. The number of hydrogen-bond acceptors (Lipinski definition) is 10. The fraction of sp³-hybridized carbons (Fsp3) is 0.571. The molecule has 3 saturated heterocycles. The fourth-order valence-corrected chi connectivity index (χ4v) is 7.01. The van der Waals surface area contributed by atoms with Crippen LogP contribution in [0.1, 0.15) is 30.7 Å². The summed E-state index contributed by atoms with van der Waals surface area (Å²) in [5, 5.41) is 9.60. The van der Waals surface area contributed by atoms with Crippen LogP contribution >= 0.6 is 0 Å². The highest BCUT2D eigenvalue weighted by atomic mass is 32.2. The van der Waals surface area contributed by atoms with Crippen LogP contribution in [0.25, 0.3) is 11.2 Å². The van der Waals surface area contributed by atoms with Gasteiger partial charge in [0.05, 0.1) is 37.1 Å². The normalized spacial score (nSPS) is 25.9. The summed E-state index contributed by atoms with van der Waals surface area (Å²) in [6.07, 6.45) is 3.76. The van der Waals surface area contributed by atoms with Crippen LogP contribution in [0.2, 0.25) is 0 Å². The van der Waals surface area contributed by atoms with Gasteiger partial charge in [0.2, 0.25) is 0 Å². The largest absolute Gasteiger partial charge is 0.748 e. The van der Waals surface area contributed by atoms with Gasteiger partial charge in [-0.05, 0) is 12.0 Å². The van der Waals surface area contributed by atoms with E-state index in [-0.39, 0.29) is 42.8 Å². The molecule has 3 aliphatic heterocycles. The first-order valence-corrected chi connectivity index (χ1v) is 15.7. The van der Waals surface area contributed by atoms with Crippen molar-refractivity contribution in [1.82, 2.24) is 18.7 Å². The van der Waals surface area contributed by atoms with Crippen LogP contribution < -0.4 is 11.2 Å². The summed E-state index contributed by atoms with van der Waals surface area (Å²) in [5.74, 6) is -1.42. The highest BCUT2D eigenvalue weighted by Gasteiger charge is 2.70. The molecule has 6 rings (SSSR count). The third-order valence-electron chi connectivity index (χ3n) is 9.00. The Hall–Kier alpha value is -3.37. The summed E-state index contributed by atoms with van der Waals surface area (Å²) in [6.45, 7) is -0.0657. The predicted molar refractivity (Wildman–Crippen MR) is 153 cm³/mol. The highest BCUT2D eigenvalue weighted by molar-refractivity contribution is 7.85. The molecule has 1 N–H and O–H groups in total. The number of ether oxygens (including phenoxy) is 2. The van der Waals surface area contributed by atoms with Crippen LogP contribution in [-0.2, 0) is 45.0 Å². The van der Waals surface area contributed by atoms with Gasteiger partial charge in [-0.3, -0.25) is 18.7 Å². The quantitative estimate of drug-likeness (QED) is 0.149. The van der Waals surface area contributed by atoms with Crippen LogP contribution in [-0.4, -0.2) is 104 Å². The molecule has 43 heavy (non-hydrogen) atoms. The number of carbonyl (C=O) groups excluding carboxylic acids is 1. The van der Waals surface area contributed by atoms with E-state index >= 15 is 0 Å². The van der Waals surface area contributed by atoms with E-state index in [0.29, 0.717) is 24.3 Å². The van der Waals surface area contributed by atoms with E-state index in [1.165, 1.54) is 29.6 Å². The third kappa shape index (κ3) is 6.04. The van der Waals surface area contributed by atoms with E-state index in [0.717, 1.165) is 27.5 Å². The number of aromatic nitrogens is 4. The number of nitrogens with zero attached hydrogens (tertiary/aromatic N) is 5. The molecule has 3 aliphatic rings. The Morgan fingerprint density at radius 2 is 1.77 bits per heavy atom. The summed E-state index contributed by atoms with van der Waals surface area (Å²) < 4.78 is 47.8. The minimum atomic E-state index is -4.29. The van der Waals surface area contributed by atoms with Gasteiger partial charge < -0.3 is 28.2 Å². The first-order chi connectivity index (χ1) is 20.2. The monoisotopic (exact) mass is 619 g/mol. The number of piperidine rings is 1. The smallest absolute Gasteiger partial charge is 0.332 e. The highest BCUT2D eigenvalue weighted by Crippen LogP contribution is 2.51. The van der Waals surface area contributed by atoms with Gasteiger partial charge in [0.25, 0.3) is 5.56 Å². The van der Waals surface area contributed by atoms with E-state index in [4.69, 9.17) is 9.47 Å². The number of likely N-dealkylation sites (N-methyl/N-ethyl adjacent to an activating group) is 1. The molecule has 1 aromatic carbocycles. The molecule has 0 aliphatic carbocycles. The summed E-state index contributed by atoms with van der Waals surface area (Å²) >= 11 is 0. The number of carbonyl (C=O) groups is 1. The third-order valence-corrected chi connectivity index (χ3v) is 9.79. The second kappa shape index (κ2) is 11.6. The average molecular weight is 620 g/mol. The average Bonchev–Trinajstić information content (AvgIpc) is 3.60. The maximum atomic E-state index is 12.5. The molecule has 0 spiro atoms. The zero-order valence-electron chi connectivity index (χ0n) is 24.5. The zero-order chi connectivity index (χ0) is 31.3. The number of quaternary nitrogens is 1. The molecule has 1 unspecified atom stereocenters. The second-order valence-electron chi connectivity index (χ2n) is 11.9. The number of hydrogen-bond donors (Lipinski definition) is 1. The van der Waals surface area contributed by atoms with Gasteiger partial charge in [0, 0.05) is 39.2 Å². The number of imidazole rings is 1. The molecule has 6 atom stereocenters. The lowest BCUT2D eigenvalue weighted by Crippen LogP contribution is -2.60. The molecule has 15 heteroatoms. The number of aliphatic hydroxyl groups is 1. The molecule has 2 aromatic heterocycles. The SMILES string of the molecule is C[N+]1(C)[C@@H]2CC(OC(=O)[C@H](CO)c3ccccc3)C[C@H]1[C@@H]1O[C@@H]12.Cn1c(=O)c2c(ncn2CCCS(=O)(=O)[O-])n(C)c1=O. The number of rotatable bonds is 8. The molecular formula is C28H37N5O9S. The Morgan fingerprint density at radius 1 is 1.14 bits per heavy atom. The molecule has 0 radical (unpaired) electrons. The maximum Gasteiger partial charge on any atom is 0.332 e. The molecule has 2 bridgehead atoms. The molecule has 3 fully saturated rings. The topological polar surface area (TPSA) is 178 Å². The van der Waals surface area contributed by atoms with E-state index in [9.17, 15) is 32.5 Å². The zero-order valence-corrected chi connectivity index (χ0v) is 25.3. The van der Waals surface area contributed by atoms with Gasteiger partial charge in [0.1, 0.15) is 36.3 Å². The first kappa shape index (κ1) is 31.1. The number of fused-ring (bicyclic) bond motifs is 6. The van der Waals surface area contributed by atoms with E-state index in [1.54, 1.807) is 0 Å². The number of esters is 1. The molecule has 0 amide bonds. The van der Waals surface area contributed by atoms with Crippen LogP contribution in [0, 0.1) is 0 Å². The van der Waals surface area contributed by atoms with E-state index < -0.39 is 33.0 Å². The van der Waals surface area contributed by atoms with Gasteiger partial charge in [0.15, 0.2) is 11.2 Å². The Labute approximate surface area is 248 Å². The van der Waals surface area contributed by atoms with Gasteiger partial charge in [-0.25, -0.2) is 18.2 Å². The van der Waals surface area contributed by atoms with Crippen molar-refractivity contribution in [3.63, 3.8) is 0 Å². The fourth-order valence-electron chi connectivity index (χ4n) is 6.53. The van der Waals surface area contributed by atoms with Crippen molar-refractivity contribution < 1.29 is 36.8 Å². The van der Waals surface area contributed by atoms with Crippen LogP contribution in [0.4, 0.5) is 0 Å². The number of epoxide rings is 1. The lowest BCUT2D eigenvalue weighted by molar-refractivity contribution is -0.938. The molecule has 5 heterocycles. The lowest BCUT2D eigenvalue weighted by Gasteiger charge is -2.45. The Balaban J connectivity index is 0.000000173. The van der Waals surface area contributed by atoms with Crippen molar-refractivity contribution in [2.75, 3.05) is 26.5 Å². The predicted octanol–water partition coefficient (Wildman–Crippen LogP) is -0.568. The van der Waals surface area contributed by atoms with Crippen molar-refractivity contribution in [1.29, 1.82) is 0 Å². The van der Waals surface area contributed by atoms with Gasteiger partial charge in [-0.1, -0.05) is 30.3 Å². The first-order valence-electron chi connectivity index (χ1n) is 14.1. The van der Waals surface area contributed by atoms with Crippen molar-refractivity contribution in [2.45, 2.75) is 62.1 Å². The summed E-state index contributed by atoms with van der Waals surface area (Å²) in [5.41, 5.74) is 0.238. The number of aryl methyl sites for hydroxylation is 2. The van der Waals surface area contributed by atoms with Crippen molar-refractivity contribution in [3.05, 3.63) is 63.1 Å². The summed E-state index contributed by atoms with van der Waals surface area (Å²) in [7, 11) is 3.06. The molecule has 14 nitrogen and oxygen atoms in total. The van der Waals surface area contributed by atoms with Crippen LogP contribution in [0.5, 0.6) is 0 Å². The molecule has 234 valence electrons. The van der Waals surface area contributed by atoms with Crippen molar-refractivity contribution >= 4 is 27.3 Å². The van der Waals surface area contributed by atoms with Crippen LogP contribution in [0.15, 0.2) is 46.2 Å². The minimum absolute atomic E-state index is 0.0576.